The Morgan fingerprint density at radius 1 is 1.53 bits per heavy atom. The molecule has 0 fully saturated rings. The summed E-state index contributed by atoms with van der Waals surface area (Å²) >= 11 is 13.1. The summed E-state index contributed by atoms with van der Waals surface area (Å²) in [5.41, 5.74) is 1.23. The lowest BCUT2D eigenvalue weighted by molar-refractivity contribution is 0.208. The maximum Gasteiger partial charge on any atom is 0.125 e. The zero-order valence-corrected chi connectivity index (χ0v) is 11.4. The third kappa shape index (κ3) is 2.63. The predicted molar refractivity (Wildman–Crippen MR) is 68.7 cm³/mol. The largest absolute Gasteiger partial charge is 0.382 e. The van der Waals surface area contributed by atoms with Gasteiger partial charge < -0.3 is 5.11 Å². The zero-order chi connectivity index (χ0) is 12.4. The van der Waals surface area contributed by atoms with Gasteiger partial charge in [-0.3, -0.25) is 0 Å². The topological polar surface area (TPSA) is 50.9 Å². The van der Waals surface area contributed by atoms with Crippen LogP contribution in [0, 0.1) is 0 Å². The average Bonchev–Trinajstić information content (AvgIpc) is 2.85. The Kier molecular flexibility index (Phi) is 4.04. The number of aromatic nitrogens is 3. The van der Waals surface area contributed by atoms with E-state index in [1.807, 2.05) is 6.92 Å². The predicted octanol–water partition coefficient (Wildman–Crippen LogP) is 3.14. The second-order valence-electron chi connectivity index (χ2n) is 3.56. The van der Waals surface area contributed by atoms with Crippen LogP contribution in [0.4, 0.5) is 0 Å². The van der Waals surface area contributed by atoms with Crippen molar-refractivity contribution in [1.29, 1.82) is 0 Å². The molecule has 17 heavy (non-hydrogen) atoms. The molecule has 2 rings (SSSR count). The molecule has 4 nitrogen and oxygen atoms in total. The normalized spacial score (nSPS) is 12.9. The Balaban J connectivity index is 2.33. The number of thiophene rings is 1. The van der Waals surface area contributed by atoms with Crippen molar-refractivity contribution < 1.29 is 5.11 Å². The minimum atomic E-state index is -0.840. The third-order valence-electron chi connectivity index (χ3n) is 2.34. The molecule has 7 heteroatoms. The Morgan fingerprint density at radius 3 is 2.88 bits per heavy atom. The molecule has 0 spiro atoms. The average molecular weight is 292 g/mol. The van der Waals surface area contributed by atoms with Gasteiger partial charge in [-0.25, -0.2) is 4.68 Å². The summed E-state index contributed by atoms with van der Waals surface area (Å²) in [6, 6.07) is 1.67. The van der Waals surface area contributed by atoms with Crippen molar-refractivity contribution in [2.24, 2.45) is 0 Å². The number of aryl methyl sites for hydroxylation is 1. The van der Waals surface area contributed by atoms with Crippen molar-refractivity contribution in [3.8, 4) is 0 Å². The minimum Gasteiger partial charge on any atom is -0.382 e. The van der Waals surface area contributed by atoms with Gasteiger partial charge in [0.05, 0.1) is 16.2 Å². The molecule has 0 saturated heterocycles. The molecule has 0 aliphatic heterocycles. The van der Waals surface area contributed by atoms with Crippen LogP contribution in [0.2, 0.25) is 8.67 Å². The summed E-state index contributed by atoms with van der Waals surface area (Å²) in [5.74, 6) is 0. The second kappa shape index (κ2) is 5.35. The van der Waals surface area contributed by atoms with Crippen LogP contribution in [-0.4, -0.2) is 20.1 Å². The number of halogens is 2. The van der Waals surface area contributed by atoms with E-state index in [0.717, 1.165) is 6.42 Å². The zero-order valence-electron chi connectivity index (χ0n) is 9.10. The molecule has 2 heterocycles. The Labute approximate surface area is 113 Å². The van der Waals surface area contributed by atoms with E-state index in [2.05, 4.69) is 10.3 Å². The molecule has 0 aliphatic rings. The van der Waals surface area contributed by atoms with Gasteiger partial charge in [0.1, 0.15) is 10.4 Å². The van der Waals surface area contributed by atoms with Crippen LogP contribution in [0.1, 0.15) is 30.7 Å². The maximum absolute atomic E-state index is 10.2. The van der Waals surface area contributed by atoms with Gasteiger partial charge in [0.15, 0.2) is 0 Å². The lowest BCUT2D eigenvalue weighted by Crippen LogP contribution is -2.09. The first-order valence-corrected chi connectivity index (χ1v) is 6.72. The minimum absolute atomic E-state index is 0.492. The molecule has 1 N–H and O–H groups in total. The molecule has 92 valence electrons. The highest BCUT2D eigenvalue weighted by Crippen LogP contribution is 2.37. The van der Waals surface area contributed by atoms with Crippen molar-refractivity contribution >= 4 is 34.5 Å². The van der Waals surface area contributed by atoms with E-state index < -0.39 is 6.10 Å². The van der Waals surface area contributed by atoms with E-state index in [9.17, 15) is 5.11 Å². The quantitative estimate of drug-likeness (QED) is 0.941. The first-order chi connectivity index (χ1) is 8.13. The van der Waals surface area contributed by atoms with Gasteiger partial charge in [-0.05, 0) is 12.5 Å². The van der Waals surface area contributed by atoms with E-state index in [0.29, 0.717) is 26.5 Å². The lowest BCUT2D eigenvalue weighted by Gasteiger charge is -2.11. The van der Waals surface area contributed by atoms with Crippen molar-refractivity contribution in [2.75, 3.05) is 0 Å². The molecule has 0 aliphatic carbocycles. The standard InChI is InChI=1S/C10H11Cl2N3OS/c1-2-3-15-7(5-13-14-15)9(16)6-4-8(11)17-10(6)12/h4-5,9,16H,2-3H2,1H3. The second-order valence-corrected chi connectivity index (χ2v) is 5.85. The SMILES string of the molecule is CCCn1nncc1C(O)c1cc(Cl)sc1Cl. The highest BCUT2D eigenvalue weighted by Gasteiger charge is 2.20. The van der Waals surface area contributed by atoms with Gasteiger partial charge >= 0.3 is 0 Å². The van der Waals surface area contributed by atoms with Crippen molar-refractivity contribution in [1.82, 2.24) is 15.0 Å². The van der Waals surface area contributed by atoms with Gasteiger partial charge in [-0.15, -0.1) is 16.4 Å². The van der Waals surface area contributed by atoms with Gasteiger partial charge in [-0.1, -0.05) is 35.3 Å². The number of hydrogen-bond donors (Lipinski definition) is 1. The van der Waals surface area contributed by atoms with Crippen LogP contribution < -0.4 is 0 Å². The van der Waals surface area contributed by atoms with Crippen molar-refractivity contribution in [2.45, 2.75) is 26.0 Å². The van der Waals surface area contributed by atoms with Crippen molar-refractivity contribution in [3.63, 3.8) is 0 Å². The monoisotopic (exact) mass is 291 g/mol. The summed E-state index contributed by atoms with van der Waals surface area (Å²) in [6.45, 7) is 2.74. The number of hydrogen-bond acceptors (Lipinski definition) is 4. The van der Waals surface area contributed by atoms with Crippen LogP contribution >= 0.6 is 34.5 Å². The fraction of sp³-hybridized carbons (Fsp3) is 0.400. The number of nitrogens with zero attached hydrogens (tertiary/aromatic N) is 3. The molecule has 2 aromatic rings. The Morgan fingerprint density at radius 2 is 2.29 bits per heavy atom. The molecule has 0 radical (unpaired) electrons. The molecule has 1 unspecified atom stereocenters. The third-order valence-corrected chi connectivity index (χ3v) is 3.86. The van der Waals surface area contributed by atoms with Crippen LogP contribution in [0.5, 0.6) is 0 Å². The molecule has 2 aromatic heterocycles. The molecule has 0 bridgehead atoms. The first kappa shape index (κ1) is 12.8. The fourth-order valence-electron chi connectivity index (χ4n) is 1.56. The van der Waals surface area contributed by atoms with Crippen LogP contribution in [-0.2, 0) is 6.54 Å². The Hall–Kier alpha value is -0.620. The Bertz CT molecular complexity index is 511. The van der Waals surface area contributed by atoms with Gasteiger partial charge in [0.2, 0.25) is 0 Å². The van der Waals surface area contributed by atoms with E-state index >= 15 is 0 Å². The first-order valence-electron chi connectivity index (χ1n) is 5.14. The van der Waals surface area contributed by atoms with E-state index in [1.54, 1.807) is 16.9 Å². The number of aliphatic hydroxyl groups excluding tert-OH is 1. The molecule has 0 saturated carbocycles. The number of rotatable bonds is 4. The molecule has 0 aromatic carbocycles. The molecule has 0 amide bonds. The summed E-state index contributed by atoms with van der Waals surface area (Å²) in [7, 11) is 0. The fourth-order valence-corrected chi connectivity index (χ4v) is 3.08. The van der Waals surface area contributed by atoms with Crippen LogP contribution in [0.3, 0.4) is 0 Å². The van der Waals surface area contributed by atoms with E-state index in [4.69, 9.17) is 23.2 Å². The summed E-state index contributed by atoms with van der Waals surface area (Å²) < 4.78 is 2.72. The smallest absolute Gasteiger partial charge is 0.125 e. The van der Waals surface area contributed by atoms with Crippen molar-refractivity contribution in [3.05, 3.63) is 32.2 Å². The molecular formula is C10H11Cl2N3OS. The highest BCUT2D eigenvalue weighted by atomic mass is 35.5. The lowest BCUT2D eigenvalue weighted by atomic mass is 10.1. The summed E-state index contributed by atoms with van der Waals surface area (Å²) in [6.07, 6.45) is 1.62. The number of aliphatic hydroxyl groups is 1. The van der Waals surface area contributed by atoms with Crippen LogP contribution in [0.15, 0.2) is 12.3 Å². The van der Waals surface area contributed by atoms with Crippen LogP contribution in [0.25, 0.3) is 0 Å². The van der Waals surface area contributed by atoms with E-state index in [-0.39, 0.29) is 0 Å². The molecule has 1 atom stereocenters. The van der Waals surface area contributed by atoms with Gasteiger partial charge in [-0.2, -0.15) is 0 Å². The van der Waals surface area contributed by atoms with E-state index in [1.165, 1.54) is 11.3 Å². The highest BCUT2D eigenvalue weighted by molar-refractivity contribution is 7.20. The molecular weight excluding hydrogens is 281 g/mol. The maximum atomic E-state index is 10.2. The van der Waals surface area contributed by atoms with Gasteiger partial charge in [0.25, 0.3) is 0 Å². The summed E-state index contributed by atoms with van der Waals surface area (Å²) in [5, 5.41) is 18.0. The van der Waals surface area contributed by atoms with Gasteiger partial charge in [0, 0.05) is 12.1 Å². The summed E-state index contributed by atoms with van der Waals surface area (Å²) in [4.78, 5) is 0.